The lowest BCUT2D eigenvalue weighted by molar-refractivity contribution is 0.0541. The van der Waals surface area contributed by atoms with Crippen molar-refractivity contribution in [2.75, 3.05) is 12.8 Å². The van der Waals surface area contributed by atoms with Crippen LogP contribution in [0.2, 0.25) is 0 Å². The summed E-state index contributed by atoms with van der Waals surface area (Å²) in [5.41, 5.74) is 5.84. The molecular formula is C15H22N2O4S. The molecule has 22 heavy (non-hydrogen) atoms. The Bertz CT molecular complexity index is 697. The maximum absolute atomic E-state index is 12.2. The van der Waals surface area contributed by atoms with E-state index in [0.717, 1.165) is 0 Å². The first kappa shape index (κ1) is 16.8. The minimum Gasteiger partial charge on any atom is -0.487 e. The summed E-state index contributed by atoms with van der Waals surface area (Å²) in [6.07, 6.45) is 0.498. The first-order valence-corrected chi connectivity index (χ1v) is 8.77. The minimum absolute atomic E-state index is 0.0200. The van der Waals surface area contributed by atoms with Gasteiger partial charge in [-0.3, -0.25) is 4.79 Å². The molecule has 122 valence electrons. The Kier molecular flexibility index (Phi) is 4.23. The van der Waals surface area contributed by atoms with Crippen molar-refractivity contribution < 1.29 is 17.9 Å². The molecule has 6 nitrogen and oxygen atoms in total. The van der Waals surface area contributed by atoms with E-state index in [0.29, 0.717) is 23.3 Å². The number of ether oxygens (including phenoxy) is 1. The summed E-state index contributed by atoms with van der Waals surface area (Å²) in [6.45, 7) is 5.44. The predicted molar refractivity (Wildman–Crippen MR) is 84.2 cm³/mol. The number of nitrogens with two attached hydrogens (primary N) is 1. The highest BCUT2D eigenvalue weighted by Crippen LogP contribution is 2.43. The molecule has 1 atom stereocenters. The largest absolute Gasteiger partial charge is 0.487 e. The maximum Gasteiger partial charge on any atom is 0.248 e. The third-order valence-electron chi connectivity index (χ3n) is 3.97. The molecule has 1 aliphatic rings. The van der Waals surface area contributed by atoms with Gasteiger partial charge in [-0.15, -0.1) is 0 Å². The van der Waals surface area contributed by atoms with Gasteiger partial charge in [-0.25, -0.2) is 8.42 Å². The number of benzene rings is 1. The maximum atomic E-state index is 12.2. The molecule has 0 aliphatic carbocycles. The van der Waals surface area contributed by atoms with E-state index in [-0.39, 0.29) is 11.8 Å². The number of primary amides is 1. The fourth-order valence-electron chi connectivity index (χ4n) is 2.69. The van der Waals surface area contributed by atoms with Crippen molar-refractivity contribution in [3.63, 3.8) is 0 Å². The molecule has 0 aromatic heterocycles. The number of fused-ring (bicyclic) bond motifs is 1. The van der Waals surface area contributed by atoms with E-state index in [9.17, 15) is 13.2 Å². The second-order valence-electron chi connectivity index (χ2n) is 6.12. The highest BCUT2D eigenvalue weighted by atomic mass is 32.2. The van der Waals surface area contributed by atoms with Crippen molar-refractivity contribution in [1.82, 2.24) is 4.31 Å². The van der Waals surface area contributed by atoms with Crippen molar-refractivity contribution in [2.24, 2.45) is 5.73 Å². The summed E-state index contributed by atoms with van der Waals surface area (Å²) in [5.74, 6) is 0.0587. The van der Waals surface area contributed by atoms with Crippen molar-refractivity contribution in [1.29, 1.82) is 0 Å². The number of hydrogen-bond donors (Lipinski definition) is 1. The van der Waals surface area contributed by atoms with Crippen LogP contribution in [0.5, 0.6) is 5.75 Å². The summed E-state index contributed by atoms with van der Waals surface area (Å²) in [4.78, 5) is 11.4. The second kappa shape index (κ2) is 5.55. The Labute approximate surface area is 131 Å². The number of amides is 1. The standard InChI is InChI=1S/C15H22N2O4S/c1-5-22(19,20)17(4)12-9-15(2,3)21-13-7-6-10(14(16)18)8-11(12)13/h6-8,12H,5,9H2,1-4H3,(H2,16,18). The van der Waals surface area contributed by atoms with E-state index in [2.05, 4.69) is 0 Å². The van der Waals surface area contributed by atoms with Crippen LogP contribution >= 0.6 is 0 Å². The molecule has 0 saturated carbocycles. The molecule has 2 rings (SSSR count). The van der Waals surface area contributed by atoms with E-state index in [1.807, 2.05) is 13.8 Å². The molecule has 1 heterocycles. The van der Waals surface area contributed by atoms with Gasteiger partial charge in [-0.05, 0) is 39.0 Å². The van der Waals surface area contributed by atoms with Gasteiger partial charge in [0.2, 0.25) is 15.9 Å². The number of rotatable bonds is 4. The lowest BCUT2D eigenvalue weighted by Crippen LogP contribution is -2.42. The monoisotopic (exact) mass is 326 g/mol. The van der Waals surface area contributed by atoms with Gasteiger partial charge in [0.05, 0.1) is 11.8 Å². The molecular weight excluding hydrogens is 304 g/mol. The Morgan fingerprint density at radius 1 is 1.45 bits per heavy atom. The van der Waals surface area contributed by atoms with E-state index in [1.54, 1.807) is 32.2 Å². The summed E-state index contributed by atoms with van der Waals surface area (Å²) >= 11 is 0. The van der Waals surface area contributed by atoms with Gasteiger partial charge < -0.3 is 10.5 Å². The smallest absolute Gasteiger partial charge is 0.248 e. The van der Waals surface area contributed by atoms with E-state index in [1.165, 1.54) is 4.31 Å². The Morgan fingerprint density at radius 3 is 2.64 bits per heavy atom. The molecule has 2 N–H and O–H groups in total. The fraction of sp³-hybridized carbons (Fsp3) is 0.533. The minimum atomic E-state index is -3.36. The number of carbonyl (C=O) groups is 1. The Hall–Kier alpha value is -1.60. The quantitative estimate of drug-likeness (QED) is 0.911. The van der Waals surface area contributed by atoms with Gasteiger partial charge in [0.15, 0.2) is 0 Å². The van der Waals surface area contributed by atoms with E-state index >= 15 is 0 Å². The van der Waals surface area contributed by atoms with Crippen molar-refractivity contribution in [3.8, 4) is 5.75 Å². The molecule has 0 bridgehead atoms. The van der Waals surface area contributed by atoms with Gasteiger partial charge >= 0.3 is 0 Å². The van der Waals surface area contributed by atoms with Crippen LogP contribution in [-0.2, 0) is 10.0 Å². The fourth-order valence-corrected chi connectivity index (χ4v) is 3.68. The highest BCUT2D eigenvalue weighted by Gasteiger charge is 2.39. The van der Waals surface area contributed by atoms with E-state index in [4.69, 9.17) is 10.5 Å². The molecule has 7 heteroatoms. The molecule has 0 saturated heterocycles. The van der Waals surface area contributed by atoms with Crippen LogP contribution in [-0.4, -0.2) is 37.0 Å². The summed E-state index contributed by atoms with van der Waals surface area (Å²) in [7, 11) is -1.80. The molecule has 1 aliphatic heterocycles. The SMILES string of the molecule is CCS(=O)(=O)N(C)C1CC(C)(C)Oc2ccc(C(N)=O)cc21. The number of carbonyl (C=O) groups excluding carboxylic acids is 1. The van der Waals surface area contributed by atoms with Crippen LogP contribution < -0.4 is 10.5 Å². The van der Waals surface area contributed by atoms with Crippen LogP contribution in [0.15, 0.2) is 18.2 Å². The molecule has 0 spiro atoms. The molecule has 1 unspecified atom stereocenters. The Morgan fingerprint density at radius 2 is 2.09 bits per heavy atom. The van der Waals surface area contributed by atoms with Crippen LogP contribution in [0.4, 0.5) is 0 Å². The highest BCUT2D eigenvalue weighted by molar-refractivity contribution is 7.89. The summed E-state index contributed by atoms with van der Waals surface area (Å²) < 4.78 is 31.7. The first-order valence-electron chi connectivity index (χ1n) is 7.16. The van der Waals surface area contributed by atoms with Gasteiger partial charge in [0, 0.05) is 24.6 Å². The number of sulfonamides is 1. The van der Waals surface area contributed by atoms with Crippen molar-refractivity contribution in [2.45, 2.75) is 38.8 Å². The molecule has 0 fully saturated rings. The summed E-state index contributed by atoms with van der Waals surface area (Å²) in [6, 6.07) is 4.51. The molecule has 1 amide bonds. The van der Waals surface area contributed by atoms with Crippen LogP contribution in [0, 0.1) is 0 Å². The molecule has 0 radical (unpaired) electrons. The number of nitrogens with zero attached hydrogens (tertiary/aromatic N) is 1. The molecule has 1 aromatic carbocycles. The predicted octanol–water partition coefficient (Wildman–Crippen LogP) is 1.67. The van der Waals surface area contributed by atoms with Gasteiger partial charge in [-0.1, -0.05) is 0 Å². The average Bonchev–Trinajstić information content (AvgIpc) is 2.44. The van der Waals surface area contributed by atoms with Gasteiger partial charge in [-0.2, -0.15) is 4.31 Å². The van der Waals surface area contributed by atoms with Gasteiger partial charge in [0.25, 0.3) is 0 Å². The third-order valence-corrected chi connectivity index (χ3v) is 5.83. The lowest BCUT2D eigenvalue weighted by atomic mass is 9.89. The lowest BCUT2D eigenvalue weighted by Gasteiger charge is -2.40. The number of hydrogen-bond acceptors (Lipinski definition) is 4. The summed E-state index contributed by atoms with van der Waals surface area (Å²) in [5, 5.41) is 0. The van der Waals surface area contributed by atoms with Gasteiger partial charge in [0.1, 0.15) is 11.4 Å². The Balaban J connectivity index is 2.56. The average molecular weight is 326 g/mol. The molecule has 1 aromatic rings. The normalized spacial score (nSPS) is 20.3. The van der Waals surface area contributed by atoms with E-state index < -0.39 is 21.5 Å². The first-order chi connectivity index (χ1) is 10.1. The topological polar surface area (TPSA) is 89.7 Å². The van der Waals surface area contributed by atoms with Crippen molar-refractivity contribution in [3.05, 3.63) is 29.3 Å². The third kappa shape index (κ3) is 3.10. The van der Waals surface area contributed by atoms with Crippen molar-refractivity contribution >= 4 is 15.9 Å². The van der Waals surface area contributed by atoms with Crippen LogP contribution in [0.3, 0.4) is 0 Å². The zero-order valence-electron chi connectivity index (χ0n) is 13.3. The zero-order chi connectivity index (χ0) is 16.7. The van der Waals surface area contributed by atoms with Crippen LogP contribution in [0.25, 0.3) is 0 Å². The second-order valence-corrected chi connectivity index (χ2v) is 8.43. The zero-order valence-corrected chi connectivity index (χ0v) is 14.1. The van der Waals surface area contributed by atoms with Crippen LogP contribution in [0.1, 0.15) is 49.2 Å².